The number of carbonyl (C=O) groups is 3. The Morgan fingerprint density at radius 1 is 0.881 bits per heavy atom. The molecule has 2 aromatic carbocycles. The molecule has 0 radical (unpaired) electrons. The summed E-state index contributed by atoms with van der Waals surface area (Å²) in [5.41, 5.74) is -0.113. The van der Waals surface area contributed by atoms with Crippen molar-refractivity contribution in [1.82, 2.24) is 15.4 Å². The van der Waals surface area contributed by atoms with Crippen LogP contribution in [0.3, 0.4) is 0 Å². The zero-order valence-corrected chi connectivity index (χ0v) is 25.9. The van der Waals surface area contributed by atoms with Crippen LogP contribution in [0, 0.1) is 0 Å². The molecule has 0 spiro atoms. The van der Waals surface area contributed by atoms with Crippen LogP contribution in [-0.4, -0.2) is 69.3 Å². The van der Waals surface area contributed by atoms with Gasteiger partial charge in [-0.2, -0.15) is 4.72 Å². The number of amides is 2. The molecule has 1 atom stereocenters. The lowest BCUT2D eigenvalue weighted by atomic mass is 10.0. The Morgan fingerprint density at radius 2 is 1.45 bits per heavy atom. The third-order valence-electron chi connectivity index (χ3n) is 6.22. The highest BCUT2D eigenvalue weighted by molar-refractivity contribution is 7.89. The van der Waals surface area contributed by atoms with E-state index in [1.54, 1.807) is 51.1 Å². The van der Waals surface area contributed by atoms with Gasteiger partial charge in [-0.3, -0.25) is 9.59 Å². The van der Waals surface area contributed by atoms with Gasteiger partial charge in [-0.05, 0) is 90.8 Å². The van der Waals surface area contributed by atoms with Gasteiger partial charge in [0.1, 0.15) is 17.2 Å². The number of esters is 1. The first-order valence-corrected chi connectivity index (χ1v) is 15.4. The number of carbonyl (C=O) groups excluding carboxylic acids is 3. The number of ether oxygens (including phenoxy) is 2. The molecule has 0 aromatic heterocycles. The fraction of sp³-hybridized carbons (Fsp3) is 0.500. The number of hydrogen-bond donors (Lipinski definition) is 3. The molecule has 2 aromatic rings. The summed E-state index contributed by atoms with van der Waals surface area (Å²) in [5, 5.41) is 5.57. The number of nitrogens with zero attached hydrogens (tertiary/aromatic N) is 1. The van der Waals surface area contributed by atoms with Gasteiger partial charge >= 0.3 is 12.1 Å². The molecule has 3 N–H and O–H groups in total. The van der Waals surface area contributed by atoms with Crippen molar-refractivity contribution < 1.29 is 32.3 Å². The van der Waals surface area contributed by atoms with Crippen molar-refractivity contribution >= 4 is 33.7 Å². The second-order valence-corrected chi connectivity index (χ2v) is 13.9. The standard InChI is InChI=1S/C30H42N4O7S/c1-29(2,3)40-27(36)25(33-42(38,39)24-10-8-7-9-11-24)20-31-26(35)21-12-14-23(15-13-21)34-18-16-22(17-19-34)32-28(37)41-30(4,5)6/h7-15,22,25,33H,16-20H2,1-6H3,(H,31,35)(H,32,37)/t25-/m0/s1. The molecule has 42 heavy (non-hydrogen) atoms. The molecule has 0 saturated carbocycles. The van der Waals surface area contributed by atoms with Crippen LogP contribution >= 0.6 is 0 Å². The Bertz CT molecular complexity index is 1330. The third-order valence-corrected chi connectivity index (χ3v) is 7.71. The smallest absolute Gasteiger partial charge is 0.407 e. The normalized spacial score (nSPS) is 15.4. The average Bonchev–Trinajstić information content (AvgIpc) is 2.90. The van der Waals surface area contributed by atoms with Gasteiger partial charge in [0.15, 0.2) is 0 Å². The molecular weight excluding hydrogens is 560 g/mol. The molecule has 11 nitrogen and oxygen atoms in total. The van der Waals surface area contributed by atoms with E-state index < -0.39 is 45.2 Å². The van der Waals surface area contributed by atoms with Crippen LogP contribution in [0.5, 0.6) is 0 Å². The maximum atomic E-state index is 12.9. The number of piperidine rings is 1. The topological polar surface area (TPSA) is 143 Å². The Kier molecular flexibility index (Phi) is 10.6. The van der Waals surface area contributed by atoms with Crippen molar-refractivity contribution in [2.45, 2.75) is 82.6 Å². The van der Waals surface area contributed by atoms with E-state index in [9.17, 15) is 22.8 Å². The third kappa shape index (κ3) is 10.3. The monoisotopic (exact) mass is 602 g/mol. The van der Waals surface area contributed by atoms with Crippen LogP contribution < -0.4 is 20.3 Å². The number of anilines is 1. The van der Waals surface area contributed by atoms with Crippen LogP contribution in [-0.2, 0) is 24.3 Å². The first kappa shape index (κ1) is 32.9. The average molecular weight is 603 g/mol. The molecule has 1 heterocycles. The first-order chi connectivity index (χ1) is 19.5. The fourth-order valence-corrected chi connectivity index (χ4v) is 5.48. The first-order valence-electron chi connectivity index (χ1n) is 14.0. The minimum absolute atomic E-state index is 0.00914. The molecule has 0 unspecified atom stereocenters. The van der Waals surface area contributed by atoms with Gasteiger partial charge in [0.25, 0.3) is 5.91 Å². The zero-order valence-electron chi connectivity index (χ0n) is 25.1. The Balaban J connectivity index is 1.58. The molecule has 3 rings (SSSR count). The lowest BCUT2D eigenvalue weighted by Gasteiger charge is -2.34. The molecule has 1 aliphatic heterocycles. The summed E-state index contributed by atoms with van der Waals surface area (Å²) in [6.07, 6.45) is 1.09. The molecule has 2 amide bonds. The number of benzene rings is 2. The number of rotatable bonds is 9. The Hall–Kier alpha value is -3.64. The van der Waals surface area contributed by atoms with Crippen LogP contribution in [0.15, 0.2) is 59.5 Å². The summed E-state index contributed by atoms with van der Waals surface area (Å²) in [7, 11) is -4.05. The zero-order chi connectivity index (χ0) is 31.1. The lowest BCUT2D eigenvalue weighted by Crippen LogP contribution is -2.50. The van der Waals surface area contributed by atoms with E-state index in [0.717, 1.165) is 31.6 Å². The molecule has 1 aliphatic rings. The van der Waals surface area contributed by atoms with Gasteiger partial charge in [-0.15, -0.1) is 0 Å². The molecular formula is C30H42N4O7S. The lowest BCUT2D eigenvalue weighted by molar-refractivity contribution is -0.156. The second-order valence-electron chi connectivity index (χ2n) is 12.2. The highest BCUT2D eigenvalue weighted by atomic mass is 32.2. The van der Waals surface area contributed by atoms with Gasteiger partial charge in [0.05, 0.1) is 4.90 Å². The molecule has 1 fully saturated rings. The molecule has 12 heteroatoms. The minimum Gasteiger partial charge on any atom is -0.459 e. The van der Waals surface area contributed by atoms with Gasteiger partial charge in [0.2, 0.25) is 10.0 Å². The van der Waals surface area contributed by atoms with Crippen molar-refractivity contribution in [3.8, 4) is 0 Å². The highest BCUT2D eigenvalue weighted by Gasteiger charge is 2.30. The summed E-state index contributed by atoms with van der Waals surface area (Å²) >= 11 is 0. The maximum absolute atomic E-state index is 12.9. The minimum atomic E-state index is -4.05. The van der Waals surface area contributed by atoms with Gasteiger partial charge in [0, 0.05) is 36.9 Å². The summed E-state index contributed by atoms with van der Waals surface area (Å²) in [6, 6.07) is 13.4. The van der Waals surface area contributed by atoms with Crippen molar-refractivity contribution in [3.05, 3.63) is 60.2 Å². The number of hydrogen-bond acceptors (Lipinski definition) is 8. The number of nitrogens with one attached hydrogen (secondary N) is 3. The number of sulfonamides is 1. The summed E-state index contributed by atoms with van der Waals surface area (Å²) in [6.45, 7) is 11.6. The van der Waals surface area contributed by atoms with Crippen molar-refractivity contribution in [2.75, 3.05) is 24.5 Å². The Morgan fingerprint density at radius 3 is 2.00 bits per heavy atom. The SMILES string of the molecule is CC(C)(C)OC(=O)NC1CCN(c2ccc(C(=O)NC[C@H](NS(=O)(=O)c3ccccc3)C(=O)OC(C)(C)C)cc2)CC1. The molecule has 230 valence electrons. The molecule has 1 saturated heterocycles. The van der Waals surface area contributed by atoms with E-state index in [1.165, 1.54) is 12.1 Å². The largest absolute Gasteiger partial charge is 0.459 e. The quantitative estimate of drug-likeness (QED) is 0.370. The predicted molar refractivity (Wildman–Crippen MR) is 160 cm³/mol. The second kappa shape index (κ2) is 13.6. The van der Waals surface area contributed by atoms with Crippen molar-refractivity contribution in [2.24, 2.45) is 0 Å². The van der Waals surface area contributed by atoms with Crippen molar-refractivity contribution in [1.29, 1.82) is 0 Å². The van der Waals surface area contributed by atoms with Gasteiger partial charge < -0.3 is 25.0 Å². The Labute approximate surface area is 248 Å². The highest BCUT2D eigenvalue weighted by Crippen LogP contribution is 2.21. The molecule has 0 bridgehead atoms. The van der Waals surface area contributed by atoms with E-state index in [-0.39, 0.29) is 17.5 Å². The van der Waals surface area contributed by atoms with Crippen LogP contribution in [0.1, 0.15) is 64.7 Å². The maximum Gasteiger partial charge on any atom is 0.407 e. The molecule has 0 aliphatic carbocycles. The predicted octanol–water partition coefficient (Wildman–Crippen LogP) is 3.60. The van der Waals surface area contributed by atoms with E-state index in [0.29, 0.717) is 5.56 Å². The van der Waals surface area contributed by atoms with Gasteiger partial charge in [-0.1, -0.05) is 18.2 Å². The number of alkyl carbamates (subject to hydrolysis) is 1. The van der Waals surface area contributed by atoms with Crippen LogP contribution in [0.25, 0.3) is 0 Å². The van der Waals surface area contributed by atoms with Gasteiger partial charge in [-0.25, -0.2) is 13.2 Å². The van der Waals surface area contributed by atoms with E-state index in [1.807, 2.05) is 32.9 Å². The summed E-state index contributed by atoms with van der Waals surface area (Å²) < 4.78 is 38.9. The summed E-state index contributed by atoms with van der Waals surface area (Å²) in [4.78, 5) is 40.0. The van der Waals surface area contributed by atoms with E-state index in [4.69, 9.17) is 9.47 Å². The van der Waals surface area contributed by atoms with Crippen LogP contribution in [0.4, 0.5) is 10.5 Å². The van der Waals surface area contributed by atoms with Crippen LogP contribution in [0.2, 0.25) is 0 Å². The van der Waals surface area contributed by atoms with E-state index in [2.05, 4.69) is 20.3 Å². The summed E-state index contributed by atoms with van der Waals surface area (Å²) in [5.74, 6) is -1.27. The fourth-order valence-electron chi connectivity index (χ4n) is 4.28. The van der Waals surface area contributed by atoms with Crippen molar-refractivity contribution in [3.63, 3.8) is 0 Å². The van der Waals surface area contributed by atoms with E-state index >= 15 is 0 Å².